The number of hydrogen-bond acceptors (Lipinski definition) is 4. The fraction of sp³-hybridized carbons (Fsp3) is 0.190. The van der Waals surface area contributed by atoms with E-state index >= 15 is 0 Å². The highest BCUT2D eigenvalue weighted by molar-refractivity contribution is 6.06. The molecule has 0 bridgehead atoms. The molecule has 3 rings (SSSR count). The molecule has 0 saturated carbocycles. The predicted molar refractivity (Wildman–Crippen MR) is 102 cm³/mol. The number of anilines is 1. The average Bonchev–Trinajstić information content (AvgIpc) is 2.64. The topological polar surface area (TPSA) is 64.1 Å². The van der Waals surface area contributed by atoms with E-state index in [1.165, 1.54) is 26.1 Å². The molecule has 3 aromatic rings. The molecule has 0 aliphatic carbocycles. The highest BCUT2D eigenvalue weighted by Crippen LogP contribution is 2.38. The van der Waals surface area contributed by atoms with Crippen LogP contribution in [0.3, 0.4) is 0 Å². The third kappa shape index (κ3) is 4.73. The summed E-state index contributed by atoms with van der Waals surface area (Å²) in [6.07, 6.45) is -3.15. The minimum absolute atomic E-state index is 0.0298. The van der Waals surface area contributed by atoms with E-state index in [1.807, 2.05) is 0 Å². The molecular weight excluding hydrogens is 402 g/mol. The average molecular weight is 419 g/mol. The molecular formula is C21H17F4N3O2. The van der Waals surface area contributed by atoms with Gasteiger partial charge in [-0.1, -0.05) is 0 Å². The van der Waals surface area contributed by atoms with Gasteiger partial charge >= 0.3 is 6.18 Å². The van der Waals surface area contributed by atoms with Crippen LogP contribution in [0.25, 0.3) is 0 Å². The second-order valence-electron chi connectivity index (χ2n) is 6.62. The molecule has 30 heavy (non-hydrogen) atoms. The van der Waals surface area contributed by atoms with Crippen LogP contribution in [0.15, 0.2) is 42.6 Å². The largest absolute Gasteiger partial charge is 0.455 e. The van der Waals surface area contributed by atoms with E-state index in [9.17, 15) is 22.4 Å². The number of aromatic nitrogens is 2. The molecule has 5 nitrogen and oxygen atoms in total. The number of benzene rings is 1. The summed E-state index contributed by atoms with van der Waals surface area (Å²) in [4.78, 5) is 20.4. The van der Waals surface area contributed by atoms with E-state index in [4.69, 9.17) is 4.74 Å². The molecule has 0 aliphatic heterocycles. The van der Waals surface area contributed by atoms with Gasteiger partial charge in [-0.25, -0.2) is 4.98 Å². The second-order valence-corrected chi connectivity index (χ2v) is 6.62. The molecule has 9 heteroatoms. The zero-order valence-corrected chi connectivity index (χ0v) is 16.3. The van der Waals surface area contributed by atoms with Crippen molar-refractivity contribution >= 4 is 11.6 Å². The van der Waals surface area contributed by atoms with Crippen LogP contribution >= 0.6 is 0 Å². The van der Waals surface area contributed by atoms with Crippen LogP contribution in [0.2, 0.25) is 0 Å². The first-order chi connectivity index (χ1) is 14.0. The summed E-state index contributed by atoms with van der Waals surface area (Å²) in [7, 11) is 0. The van der Waals surface area contributed by atoms with Gasteiger partial charge in [0.05, 0.1) is 16.8 Å². The van der Waals surface area contributed by atoms with E-state index in [1.54, 1.807) is 19.1 Å². The van der Waals surface area contributed by atoms with E-state index in [2.05, 4.69) is 15.3 Å². The molecule has 156 valence electrons. The molecule has 2 aromatic heterocycles. The number of halogens is 4. The van der Waals surface area contributed by atoms with Crippen LogP contribution in [0, 0.1) is 26.7 Å². The Balaban J connectivity index is 2.06. The van der Waals surface area contributed by atoms with Gasteiger partial charge in [0.25, 0.3) is 5.91 Å². The SMILES string of the molecule is Cc1cc(NC(=O)c2cc(C)c(C(F)(F)F)cc2Oc2ccc(F)nc2C)ccn1. The molecule has 0 spiro atoms. The highest BCUT2D eigenvalue weighted by Gasteiger charge is 2.34. The minimum atomic E-state index is -4.64. The lowest BCUT2D eigenvalue weighted by Gasteiger charge is -2.17. The second kappa shape index (κ2) is 8.10. The van der Waals surface area contributed by atoms with Crippen LogP contribution in [0.5, 0.6) is 11.5 Å². The summed E-state index contributed by atoms with van der Waals surface area (Å²) in [6.45, 7) is 4.43. The van der Waals surface area contributed by atoms with Crippen molar-refractivity contribution < 1.29 is 27.1 Å². The molecule has 1 aromatic carbocycles. The highest BCUT2D eigenvalue weighted by atomic mass is 19.4. The Labute approximate surface area is 169 Å². The number of amides is 1. The fourth-order valence-corrected chi connectivity index (χ4v) is 2.82. The third-order valence-corrected chi connectivity index (χ3v) is 4.25. The lowest BCUT2D eigenvalue weighted by molar-refractivity contribution is -0.138. The van der Waals surface area contributed by atoms with Crippen molar-refractivity contribution in [1.82, 2.24) is 9.97 Å². The van der Waals surface area contributed by atoms with Gasteiger partial charge in [0, 0.05) is 17.6 Å². The summed E-state index contributed by atoms with van der Waals surface area (Å²) in [5.74, 6) is -1.72. The molecule has 0 radical (unpaired) electrons. The third-order valence-electron chi connectivity index (χ3n) is 4.25. The molecule has 0 saturated heterocycles. The van der Waals surface area contributed by atoms with Crippen molar-refractivity contribution in [3.05, 3.63) is 76.6 Å². The van der Waals surface area contributed by atoms with Crippen molar-refractivity contribution in [1.29, 1.82) is 0 Å². The van der Waals surface area contributed by atoms with Crippen LogP contribution in [-0.2, 0) is 6.18 Å². The van der Waals surface area contributed by atoms with Gasteiger partial charge in [-0.05, 0) is 62.7 Å². The van der Waals surface area contributed by atoms with Crippen LogP contribution in [0.1, 0.15) is 32.9 Å². The minimum Gasteiger partial charge on any atom is -0.455 e. The Morgan fingerprint density at radius 2 is 1.77 bits per heavy atom. The predicted octanol–water partition coefficient (Wildman–Crippen LogP) is 5.60. The lowest BCUT2D eigenvalue weighted by Crippen LogP contribution is -2.16. The summed E-state index contributed by atoms with van der Waals surface area (Å²) in [6, 6.07) is 7.28. The number of nitrogens with zero attached hydrogens (tertiary/aromatic N) is 2. The summed E-state index contributed by atoms with van der Waals surface area (Å²) in [5, 5.41) is 2.62. The number of pyridine rings is 2. The Morgan fingerprint density at radius 1 is 1.03 bits per heavy atom. The molecule has 0 atom stereocenters. The van der Waals surface area contributed by atoms with Crippen LogP contribution < -0.4 is 10.1 Å². The van der Waals surface area contributed by atoms with Crippen molar-refractivity contribution in [3.63, 3.8) is 0 Å². The maximum atomic E-state index is 13.4. The first-order valence-corrected chi connectivity index (χ1v) is 8.81. The molecule has 0 aliphatic rings. The molecule has 0 fully saturated rings. The van der Waals surface area contributed by atoms with Gasteiger partial charge in [0.2, 0.25) is 5.95 Å². The van der Waals surface area contributed by atoms with Crippen molar-refractivity contribution in [2.24, 2.45) is 0 Å². The van der Waals surface area contributed by atoms with Gasteiger partial charge < -0.3 is 10.1 Å². The van der Waals surface area contributed by atoms with Gasteiger partial charge in [-0.2, -0.15) is 17.6 Å². The summed E-state index contributed by atoms with van der Waals surface area (Å²) >= 11 is 0. The van der Waals surface area contributed by atoms with E-state index in [0.29, 0.717) is 11.4 Å². The standard InChI is InChI=1S/C21H17F4N3O2/c1-11-8-15(20(29)28-14-6-7-26-12(2)9-14)18(10-16(11)21(23,24)25)30-17-4-5-19(22)27-13(17)3/h4-10H,1-3H3,(H,26,28,29). The first kappa shape index (κ1) is 21.2. The van der Waals surface area contributed by atoms with Crippen LogP contribution in [0.4, 0.5) is 23.2 Å². The Kier molecular flexibility index (Phi) is 5.73. The number of hydrogen-bond donors (Lipinski definition) is 1. The number of nitrogens with one attached hydrogen (secondary N) is 1. The summed E-state index contributed by atoms with van der Waals surface area (Å²) < 4.78 is 59.0. The maximum absolute atomic E-state index is 13.4. The van der Waals surface area contributed by atoms with E-state index in [-0.39, 0.29) is 28.3 Å². The van der Waals surface area contributed by atoms with Crippen molar-refractivity contribution in [2.45, 2.75) is 26.9 Å². The van der Waals surface area contributed by atoms with E-state index in [0.717, 1.165) is 18.2 Å². The zero-order chi connectivity index (χ0) is 22.1. The number of rotatable bonds is 4. The Bertz CT molecular complexity index is 1110. The Hall–Kier alpha value is -3.49. The maximum Gasteiger partial charge on any atom is 0.416 e. The summed E-state index contributed by atoms with van der Waals surface area (Å²) in [5.41, 5.74) is 0.0110. The van der Waals surface area contributed by atoms with Crippen molar-refractivity contribution in [3.8, 4) is 11.5 Å². The Morgan fingerprint density at radius 3 is 2.40 bits per heavy atom. The van der Waals surface area contributed by atoms with Crippen LogP contribution in [-0.4, -0.2) is 15.9 Å². The van der Waals surface area contributed by atoms with Gasteiger partial charge in [0.1, 0.15) is 11.5 Å². The first-order valence-electron chi connectivity index (χ1n) is 8.81. The lowest BCUT2D eigenvalue weighted by atomic mass is 10.0. The normalized spacial score (nSPS) is 11.3. The number of alkyl halides is 3. The molecule has 1 N–H and O–H groups in total. The van der Waals surface area contributed by atoms with Gasteiger partial charge in [-0.3, -0.25) is 9.78 Å². The number of carbonyl (C=O) groups excluding carboxylic acids is 1. The fourth-order valence-electron chi connectivity index (χ4n) is 2.82. The molecule has 2 heterocycles. The quantitative estimate of drug-likeness (QED) is 0.441. The smallest absolute Gasteiger partial charge is 0.416 e. The number of aryl methyl sites for hydroxylation is 3. The van der Waals surface area contributed by atoms with Gasteiger partial charge in [-0.15, -0.1) is 0 Å². The zero-order valence-electron chi connectivity index (χ0n) is 16.3. The molecule has 0 unspecified atom stereocenters. The number of carbonyl (C=O) groups is 1. The van der Waals surface area contributed by atoms with Crippen molar-refractivity contribution in [2.75, 3.05) is 5.32 Å². The number of ether oxygens (including phenoxy) is 1. The monoisotopic (exact) mass is 419 g/mol. The van der Waals surface area contributed by atoms with E-state index < -0.39 is 23.6 Å². The molecule has 1 amide bonds. The van der Waals surface area contributed by atoms with Gasteiger partial charge in [0.15, 0.2) is 0 Å².